The van der Waals surface area contributed by atoms with Crippen LogP contribution in [0.25, 0.3) is 0 Å². The van der Waals surface area contributed by atoms with E-state index < -0.39 is 34.2 Å². The third kappa shape index (κ3) is 2.77. The molecule has 2 aromatic rings. The van der Waals surface area contributed by atoms with Crippen molar-refractivity contribution in [3.8, 4) is 0 Å². The first kappa shape index (κ1) is 14.3. The van der Waals surface area contributed by atoms with E-state index in [9.17, 15) is 17.6 Å². The molecule has 1 unspecified atom stereocenters. The van der Waals surface area contributed by atoms with Gasteiger partial charge in [-0.2, -0.15) is 0 Å². The summed E-state index contributed by atoms with van der Waals surface area (Å²) < 4.78 is 54.1. The maximum Gasteiger partial charge on any atom is 0.137 e. The molecule has 0 N–H and O–H groups in total. The van der Waals surface area contributed by atoms with E-state index in [4.69, 9.17) is 11.6 Å². The Labute approximate surface area is 120 Å². The van der Waals surface area contributed by atoms with Crippen molar-refractivity contribution >= 4 is 27.5 Å². The Hall–Kier alpha value is -1.07. The zero-order valence-corrected chi connectivity index (χ0v) is 11.6. The predicted molar refractivity (Wildman–Crippen MR) is 68.1 cm³/mol. The van der Waals surface area contributed by atoms with Gasteiger partial charge in [0.05, 0.1) is 9.85 Å². The normalized spacial score (nSPS) is 12.5. The Morgan fingerprint density at radius 1 is 0.895 bits per heavy atom. The molecule has 0 radical (unpaired) electrons. The molecule has 2 rings (SSSR count). The van der Waals surface area contributed by atoms with Crippen molar-refractivity contribution in [1.82, 2.24) is 0 Å². The zero-order valence-electron chi connectivity index (χ0n) is 9.23. The van der Waals surface area contributed by atoms with E-state index in [1.807, 2.05) is 0 Å². The van der Waals surface area contributed by atoms with E-state index in [0.717, 1.165) is 30.3 Å². The van der Waals surface area contributed by atoms with E-state index >= 15 is 0 Å². The molecule has 0 bridgehead atoms. The summed E-state index contributed by atoms with van der Waals surface area (Å²) in [6, 6.07) is 4.83. The van der Waals surface area contributed by atoms with Crippen LogP contribution >= 0.6 is 27.5 Å². The van der Waals surface area contributed by atoms with Gasteiger partial charge in [0.15, 0.2) is 0 Å². The fourth-order valence-corrected chi connectivity index (χ4v) is 2.33. The van der Waals surface area contributed by atoms with Crippen LogP contribution in [0.5, 0.6) is 0 Å². The highest BCUT2D eigenvalue weighted by atomic mass is 79.9. The number of hydrogen-bond acceptors (Lipinski definition) is 0. The fraction of sp³-hybridized carbons (Fsp3) is 0.0769. The summed E-state index contributed by atoms with van der Waals surface area (Å²) in [7, 11) is 0. The minimum absolute atomic E-state index is 0.0911. The van der Waals surface area contributed by atoms with Crippen molar-refractivity contribution in [3.63, 3.8) is 0 Å². The molecule has 0 aliphatic carbocycles. The topological polar surface area (TPSA) is 0 Å². The maximum absolute atomic E-state index is 13.7. The lowest BCUT2D eigenvalue weighted by Gasteiger charge is -2.13. The van der Waals surface area contributed by atoms with Crippen LogP contribution in [0.3, 0.4) is 0 Å². The van der Waals surface area contributed by atoms with Gasteiger partial charge < -0.3 is 0 Å². The molecule has 0 nitrogen and oxygen atoms in total. The number of halogens is 6. The van der Waals surface area contributed by atoms with Gasteiger partial charge in [0.25, 0.3) is 0 Å². The van der Waals surface area contributed by atoms with Crippen molar-refractivity contribution in [2.45, 2.75) is 5.38 Å². The van der Waals surface area contributed by atoms with Crippen molar-refractivity contribution in [2.75, 3.05) is 0 Å². The fourth-order valence-electron chi connectivity index (χ4n) is 1.64. The van der Waals surface area contributed by atoms with Gasteiger partial charge in [0, 0.05) is 11.1 Å². The van der Waals surface area contributed by atoms with Crippen molar-refractivity contribution in [3.05, 3.63) is 69.2 Å². The Bertz CT molecular complexity index is 610. The molecule has 2 aromatic carbocycles. The summed E-state index contributed by atoms with van der Waals surface area (Å²) >= 11 is 8.68. The molecule has 0 aromatic heterocycles. The van der Waals surface area contributed by atoms with Crippen molar-refractivity contribution in [2.24, 2.45) is 0 Å². The van der Waals surface area contributed by atoms with Crippen LogP contribution in [-0.2, 0) is 0 Å². The average molecular weight is 354 g/mol. The maximum atomic E-state index is 13.7. The van der Waals surface area contributed by atoms with Gasteiger partial charge in [-0.05, 0) is 40.2 Å². The lowest BCUT2D eigenvalue weighted by Crippen LogP contribution is -2.04. The summed E-state index contributed by atoms with van der Waals surface area (Å²) in [6.07, 6.45) is 0. The van der Waals surface area contributed by atoms with Crippen LogP contribution in [0, 0.1) is 23.3 Å². The largest absolute Gasteiger partial charge is 0.207 e. The highest BCUT2D eigenvalue weighted by Crippen LogP contribution is 2.35. The van der Waals surface area contributed by atoms with E-state index in [1.165, 1.54) is 0 Å². The summed E-state index contributed by atoms with van der Waals surface area (Å²) in [5, 5.41) is -1.45. The van der Waals surface area contributed by atoms with Crippen LogP contribution in [0.15, 0.2) is 34.8 Å². The van der Waals surface area contributed by atoms with Crippen LogP contribution in [0.1, 0.15) is 16.5 Å². The van der Waals surface area contributed by atoms with Gasteiger partial charge in [-0.15, -0.1) is 11.6 Å². The van der Waals surface area contributed by atoms with Crippen LogP contribution in [0.2, 0.25) is 0 Å². The Morgan fingerprint density at radius 3 is 2.05 bits per heavy atom. The molecular formula is C13H6BrClF4. The Morgan fingerprint density at radius 2 is 1.47 bits per heavy atom. The quantitative estimate of drug-likeness (QED) is 0.389. The molecule has 19 heavy (non-hydrogen) atoms. The van der Waals surface area contributed by atoms with E-state index in [2.05, 4.69) is 15.9 Å². The highest BCUT2D eigenvalue weighted by molar-refractivity contribution is 9.10. The molecule has 6 heteroatoms. The predicted octanol–water partition coefficient (Wildman–Crippen LogP) is 5.33. The SMILES string of the molecule is Fc1cc(C(Cl)c2c(F)cccc2F)c(F)cc1Br. The summed E-state index contributed by atoms with van der Waals surface area (Å²) in [6.45, 7) is 0. The second-order valence-electron chi connectivity index (χ2n) is 3.79. The second kappa shape index (κ2) is 5.51. The lowest BCUT2D eigenvalue weighted by atomic mass is 10.0. The molecule has 0 aliphatic rings. The standard InChI is InChI=1S/C13H6BrClF4/c14-7-5-10(18)6(4-11(7)19)13(15)12-8(16)2-1-3-9(12)17/h1-5,13H. The zero-order chi connectivity index (χ0) is 14.2. The molecule has 1 atom stereocenters. The van der Waals surface area contributed by atoms with Crippen molar-refractivity contribution in [1.29, 1.82) is 0 Å². The van der Waals surface area contributed by atoms with Gasteiger partial charge in [-0.25, -0.2) is 17.6 Å². The van der Waals surface area contributed by atoms with Crippen LogP contribution in [-0.4, -0.2) is 0 Å². The minimum atomic E-state index is -1.45. The highest BCUT2D eigenvalue weighted by Gasteiger charge is 2.23. The van der Waals surface area contributed by atoms with E-state index in [1.54, 1.807) is 0 Å². The first-order valence-electron chi connectivity index (χ1n) is 5.14. The third-order valence-electron chi connectivity index (χ3n) is 2.57. The Balaban J connectivity index is 2.56. The summed E-state index contributed by atoms with van der Waals surface area (Å²) in [4.78, 5) is 0. The van der Waals surface area contributed by atoms with Crippen molar-refractivity contribution < 1.29 is 17.6 Å². The molecule has 0 amide bonds. The minimum Gasteiger partial charge on any atom is -0.207 e. The first-order valence-corrected chi connectivity index (χ1v) is 6.37. The summed E-state index contributed by atoms with van der Waals surface area (Å²) in [5.74, 6) is -3.44. The number of alkyl halides is 1. The first-order chi connectivity index (χ1) is 8.91. The second-order valence-corrected chi connectivity index (χ2v) is 5.08. The molecule has 0 spiro atoms. The molecule has 0 fully saturated rings. The molecule has 0 saturated carbocycles. The summed E-state index contributed by atoms with van der Waals surface area (Å²) in [5.41, 5.74) is -0.837. The lowest BCUT2D eigenvalue weighted by molar-refractivity contribution is 0.548. The molecule has 100 valence electrons. The van der Waals surface area contributed by atoms with Gasteiger partial charge in [0.1, 0.15) is 23.3 Å². The number of rotatable bonds is 2. The number of benzene rings is 2. The molecular weight excluding hydrogens is 347 g/mol. The van der Waals surface area contributed by atoms with Crippen LogP contribution in [0.4, 0.5) is 17.6 Å². The molecule has 0 saturated heterocycles. The third-order valence-corrected chi connectivity index (χ3v) is 3.63. The average Bonchev–Trinajstić information content (AvgIpc) is 2.33. The number of hydrogen-bond donors (Lipinski definition) is 0. The van der Waals surface area contributed by atoms with Gasteiger partial charge in [-0.1, -0.05) is 6.07 Å². The molecule has 0 heterocycles. The van der Waals surface area contributed by atoms with Gasteiger partial charge in [-0.3, -0.25) is 0 Å². The van der Waals surface area contributed by atoms with E-state index in [0.29, 0.717) is 0 Å². The monoisotopic (exact) mass is 352 g/mol. The van der Waals surface area contributed by atoms with Gasteiger partial charge >= 0.3 is 0 Å². The van der Waals surface area contributed by atoms with Crippen LogP contribution < -0.4 is 0 Å². The smallest absolute Gasteiger partial charge is 0.137 e. The molecule has 0 aliphatic heterocycles. The van der Waals surface area contributed by atoms with E-state index in [-0.39, 0.29) is 10.0 Å². The Kier molecular flexibility index (Phi) is 4.16. The van der Waals surface area contributed by atoms with Gasteiger partial charge in [0.2, 0.25) is 0 Å².